The van der Waals surface area contributed by atoms with Gasteiger partial charge in [0.15, 0.2) is 6.10 Å². The van der Waals surface area contributed by atoms with Gasteiger partial charge in [0, 0.05) is 11.8 Å². The van der Waals surface area contributed by atoms with Crippen LogP contribution in [0.1, 0.15) is 12.5 Å². The van der Waals surface area contributed by atoms with Crippen molar-refractivity contribution in [2.45, 2.75) is 13.0 Å². The highest BCUT2D eigenvalue weighted by atomic mass is 19.1. The van der Waals surface area contributed by atoms with E-state index in [9.17, 15) is 18.4 Å². The number of hydrogen-bond donors (Lipinski definition) is 1. The highest BCUT2D eigenvalue weighted by Crippen LogP contribution is 2.10. The highest BCUT2D eigenvalue weighted by Gasteiger charge is 2.16. The van der Waals surface area contributed by atoms with E-state index in [1.54, 1.807) is 6.07 Å². The molecular formula is C18H15F2NO3. The topological polar surface area (TPSA) is 55.4 Å². The van der Waals surface area contributed by atoms with E-state index in [-0.39, 0.29) is 5.69 Å². The third-order valence-electron chi connectivity index (χ3n) is 3.01. The summed E-state index contributed by atoms with van der Waals surface area (Å²) in [7, 11) is 0. The third-order valence-corrected chi connectivity index (χ3v) is 3.01. The molecule has 1 amide bonds. The molecule has 0 saturated carbocycles. The molecule has 0 fully saturated rings. The molecule has 2 rings (SSSR count). The standard InChI is InChI=1S/C18H15F2NO3/c1-12(18(23)21-16-7-3-6-15(20)11-16)24-17(22)9-8-13-4-2-5-14(19)10-13/h2-12H,1H3,(H,21,23)/b9-8+. The molecule has 0 spiro atoms. The summed E-state index contributed by atoms with van der Waals surface area (Å²) in [6, 6.07) is 11.0. The molecule has 0 heterocycles. The Kier molecular flexibility index (Phi) is 5.78. The quantitative estimate of drug-likeness (QED) is 0.673. The normalized spacial score (nSPS) is 12.0. The number of halogens is 2. The van der Waals surface area contributed by atoms with Crippen LogP contribution in [-0.2, 0) is 14.3 Å². The van der Waals surface area contributed by atoms with Gasteiger partial charge in [-0.1, -0.05) is 18.2 Å². The van der Waals surface area contributed by atoms with Gasteiger partial charge in [0.1, 0.15) is 11.6 Å². The van der Waals surface area contributed by atoms with Crippen molar-refractivity contribution in [1.29, 1.82) is 0 Å². The Morgan fingerprint density at radius 1 is 1.08 bits per heavy atom. The number of benzene rings is 2. The molecule has 0 bridgehead atoms. The summed E-state index contributed by atoms with van der Waals surface area (Å²) in [4.78, 5) is 23.6. The largest absolute Gasteiger partial charge is 0.449 e. The monoisotopic (exact) mass is 331 g/mol. The van der Waals surface area contributed by atoms with Crippen LogP contribution < -0.4 is 5.32 Å². The van der Waals surface area contributed by atoms with E-state index < -0.39 is 29.6 Å². The number of carbonyl (C=O) groups excluding carboxylic acids is 2. The molecule has 24 heavy (non-hydrogen) atoms. The van der Waals surface area contributed by atoms with Crippen molar-refractivity contribution >= 4 is 23.6 Å². The van der Waals surface area contributed by atoms with E-state index >= 15 is 0 Å². The number of esters is 1. The van der Waals surface area contributed by atoms with Gasteiger partial charge in [-0.2, -0.15) is 0 Å². The summed E-state index contributed by atoms with van der Waals surface area (Å²) >= 11 is 0. The molecule has 0 radical (unpaired) electrons. The zero-order valence-electron chi connectivity index (χ0n) is 12.8. The van der Waals surface area contributed by atoms with Crippen LogP contribution in [0.2, 0.25) is 0 Å². The Bertz CT molecular complexity index is 774. The van der Waals surface area contributed by atoms with Gasteiger partial charge in [-0.15, -0.1) is 0 Å². The number of hydrogen-bond acceptors (Lipinski definition) is 3. The fourth-order valence-electron chi connectivity index (χ4n) is 1.85. The first kappa shape index (κ1) is 17.3. The summed E-state index contributed by atoms with van der Waals surface area (Å²) < 4.78 is 31.0. The maximum Gasteiger partial charge on any atom is 0.331 e. The van der Waals surface area contributed by atoms with Crippen LogP contribution in [-0.4, -0.2) is 18.0 Å². The number of rotatable bonds is 5. The van der Waals surface area contributed by atoms with E-state index in [1.165, 1.54) is 49.4 Å². The first-order valence-corrected chi connectivity index (χ1v) is 7.15. The SMILES string of the molecule is CC(OC(=O)/C=C/c1cccc(F)c1)C(=O)Nc1cccc(F)c1. The molecule has 1 atom stereocenters. The van der Waals surface area contributed by atoms with Crippen molar-refractivity contribution in [3.05, 3.63) is 71.8 Å². The van der Waals surface area contributed by atoms with E-state index in [0.717, 1.165) is 12.1 Å². The fraction of sp³-hybridized carbons (Fsp3) is 0.111. The van der Waals surface area contributed by atoms with Crippen molar-refractivity contribution in [3.8, 4) is 0 Å². The number of carbonyl (C=O) groups is 2. The molecule has 4 nitrogen and oxygen atoms in total. The molecule has 124 valence electrons. The molecule has 2 aromatic rings. The molecule has 1 unspecified atom stereocenters. The van der Waals surface area contributed by atoms with Crippen molar-refractivity contribution in [3.63, 3.8) is 0 Å². The van der Waals surface area contributed by atoms with Gasteiger partial charge in [0.05, 0.1) is 0 Å². The summed E-state index contributed by atoms with van der Waals surface area (Å²) in [5, 5.41) is 2.44. The van der Waals surface area contributed by atoms with Crippen LogP contribution in [0.4, 0.5) is 14.5 Å². The van der Waals surface area contributed by atoms with Gasteiger partial charge < -0.3 is 10.1 Å². The van der Waals surface area contributed by atoms with E-state index in [1.807, 2.05) is 0 Å². The van der Waals surface area contributed by atoms with Gasteiger partial charge in [-0.05, 0) is 48.9 Å². The third kappa shape index (κ3) is 5.31. The summed E-state index contributed by atoms with van der Waals surface area (Å²) in [6.07, 6.45) is 1.40. The number of nitrogens with one attached hydrogen (secondary N) is 1. The van der Waals surface area contributed by atoms with E-state index in [0.29, 0.717) is 5.56 Å². The molecule has 0 aromatic heterocycles. The van der Waals surface area contributed by atoms with Gasteiger partial charge in [-0.25, -0.2) is 13.6 Å². The average molecular weight is 331 g/mol. The van der Waals surface area contributed by atoms with Crippen LogP contribution >= 0.6 is 0 Å². The van der Waals surface area contributed by atoms with Crippen molar-refractivity contribution in [2.75, 3.05) is 5.32 Å². The zero-order valence-corrected chi connectivity index (χ0v) is 12.8. The second-order valence-electron chi connectivity index (χ2n) is 4.97. The minimum absolute atomic E-state index is 0.262. The maximum absolute atomic E-state index is 13.0. The molecule has 0 aliphatic heterocycles. The molecule has 0 aliphatic rings. The molecule has 0 saturated heterocycles. The summed E-state index contributed by atoms with van der Waals surface area (Å²) in [5.41, 5.74) is 0.752. The Morgan fingerprint density at radius 2 is 1.75 bits per heavy atom. The second-order valence-corrected chi connectivity index (χ2v) is 4.97. The Morgan fingerprint density at radius 3 is 2.42 bits per heavy atom. The average Bonchev–Trinajstić information content (AvgIpc) is 2.53. The van der Waals surface area contributed by atoms with Crippen LogP contribution in [0, 0.1) is 11.6 Å². The van der Waals surface area contributed by atoms with Crippen LogP contribution in [0.25, 0.3) is 6.08 Å². The lowest BCUT2D eigenvalue weighted by atomic mass is 10.2. The number of anilines is 1. The molecule has 2 aromatic carbocycles. The number of amides is 1. The molecular weight excluding hydrogens is 316 g/mol. The van der Waals surface area contributed by atoms with Crippen molar-refractivity contribution < 1.29 is 23.1 Å². The lowest BCUT2D eigenvalue weighted by Gasteiger charge is -2.12. The van der Waals surface area contributed by atoms with Crippen molar-refractivity contribution in [1.82, 2.24) is 0 Å². The predicted octanol–water partition coefficient (Wildman–Crippen LogP) is 3.55. The summed E-state index contributed by atoms with van der Waals surface area (Å²) in [5.74, 6) is -2.25. The molecule has 6 heteroatoms. The van der Waals surface area contributed by atoms with Crippen molar-refractivity contribution in [2.24, 2.45) is 0 Å². The maximum atomic E-state index is 13.0. The zero-order chi connectivity index (χ0) is 17.5. The van der Waals surface area contributed by atoms with Gasteiger partial charge in [0.25, 0.3) is 5.91 Å². The first-order chi connectivity index (χ1) is 11.4. The van der Waals surface area contributed by atoms with Gasteiger partial charge >= 0.3 is 5.97 Å². The van der Waals surface area contributed by atoms with Gasteiger partial charge in [0.2, 0.25) is 0 Å². The Hall–Kier alpha value is -3.02. The Labute approximate surface area is 137 Å². The fourth-order valence-corrected chi connectivity index (χ4v) is 1.85. The van der Waals surface area contributed by atoms with Crippen LogP contribution in [0.5, 0.6) is 0 Å². The summed E-state index contributed by atoms with van der Waals surface area (Å²) in [6.45, 7) is 1.39. The minimum Gasteiger partial charge on any atom is -0.449 e. The minimum atomic E-state index is -1.07. The van der Waals surface area contributed by atoms with Crippen LogP contribution in [0.3, 0.4) is 0 Å². The smallest absolute Gasteiger partial charge is 0.331 e. The van der Waals surface area contributed by atoms with E-state index in [4.69, 9.17) is 4.74 Å². The van der Waals surface area contributed by atoms with E-state index in [2.05, 4.69) is 5.32 Å². The number of ether oxygens (including phenoxy) is 1. The van der Waals surface area contributed by atoms with Crippen LogP contribution in [0.15, 0.2) is 54.6 Å². The first-order valence-electron chi connectivity index (χ1n) is 7.15. The second kappa shape index (κ2) is 8.01. The molecule has 1 N–H and O–H groups in total. The highest BCUT2D eigenvalue weighted by molar-refractivity contribution is 5.96. The Balaban J connectivity index is 1.89. The van der Waals surface area contributed by atoms with Gasteiger partial charge in [-0.3, -0.25) is 4.79 Å². The predicted molar refractivity (Wildman–Crippen MR) is 86.0 cm³/mol. The lowest BCUT2D eigenvalue weighted by molar-refractivity contribution is -0.148. The molecule has 0 aliphatic carbocycles. The lowest BCUT2D eigenvalue weighted by Crippen LogP contribution is -2.29.